The summed E-state index contributed by atoms with van der Waals surface area (Å²) in [6.07, 6.45) is 1.86. The van der Waals surface area contributed by atoms with Gasteiger partial charge in [-0.2, -0.15) is 0 Å². The molecule has 0 spiro atoms. The third kappa shape index (κ3) is 7.32. The standard InChI is InChI=1S/C25H35N3O4S/c1-7-14-26-25(30)21(5)27(16-22-11-8-18(2)9-12-22)24(29)17-28(33(6,31)32)23-13-10-19(3)20(4)15-23/h8-13,15,21H,7,14,16-17H2,1-6H3,(H,26,30)/t21-/m1/s1. The highest BCUT2D eigenvalue weighted by atomic mass is 32.2. The highest BCUT2D eigenvalue weighted by Crippen LogP contribution is 2.22. The number of amides is 2. The Hall–Kier alpha value is -2.87. The Morgan fingerprint density at radius 3 is 2.18 bits per heavy atom. The molecule has 2 amide bonds. The quantitative estimate of drug-likeness (QED) is 0.574. The maximum absolute atomic E-state index is 13.5. The Kier molecular flexibility index (Phi) is 9.05. The summed E-state index contributed by atoms with van der Waals surface area (Å²) in [5.41, 5.74) is 4.33. The topological polar surface area (TPSA) is 86.8 Å². The summed E-state index contributed by atoms with van der Waals surface area (Å²) in [7, 11) is -3.73. The number of carbonyl (C=O) groups is 2. The van der Waals surface area contributed by atoms with Gasteiger partial charge in [0.25, 0.3) is 0 Å². The Bertz CT molecular complexity index is 1080. The molecule has 0 aliphatic rings. The van der Waals surface area contributed by atoms with E-state index in [1.54, 1.807) is 19.1 Å². The summed E-state index contributed by atoms with van der Waals surface area (Å²) >= 11 is 0. The van der Waals surface area contributed by atoms with Crippen LogP contribution >= 0.6 is 0 Å². The molecule has 0 saturated carbocycles. The van der Waals surface area contributed by atoms with Gasteiger partial charge in [-0.3, -0.25) is 13.9 Å². The fraction of sp³-hybridized carbons (Fsp3) is 0.440. The number of benzene rings is 2. The van der Waals surface area contributed by atoms with Crippen LogP contribution in [0.4, 0.5) is 5.69 Å². The first-order chi connectivity index (χ1) is 15.4. The van der Waals surface area contributed by atoms with Crippen LogP contribution in [0, 0.1) is 20.8 Å². The number of nitrogens with one attached hydrogen (secondary N) is 1. The molecule has 1 atom stereocenters. The molecule has 0 aromatic heterocycles. The molecule has 7 nitrogen and oxygen atoms in total. The molecule has 0 bridgehead atoms. The van der Waals surface area contributed by atoms with Crippen LogP contribution in [0.5, 0.6) is 0 Å². The lowest BCUT2D eigenvalue weighted by Gasteiger charge is -2.31. The monoisotopic (exact) mass is 473 g/mol. The zero-order valence-electron chi connectivity index (χ0n) is 20.4. The number of carbonyl (C=O) groups excluding carboxylic acids is 2. The van der Waals surface area contributed by atoms with E-state index in [9.17, 15) is 18.0 Å². The van der Waals surface area contributed by atoms with E-state index < -0.39 is 28.5 Å². The first-order valence-corrected chi connectivity index (χ1v) is 13.0. The molecule has 0 unspecified atom stereocenters. The molecule has 2 aromatic carbocycles. The van der Waals surface area contributed by atoms with E-state index in [1.165, 1.54) is 4.90 Å². The van der Waals surface area contributed by atoms with Gasteiger partial charge in [-0.25, -0.2) is 8.42 Å². The van der Waals surface area contributed by atoms with Gasteiger partial charge in [0.1, 0.15) is 12.6 Å². The molecule has 0 heterocycles. The van der Waals surface area contributed by atoms with Crippen molar-refractivity contribution in [2.24, 2.45) is 0 Å². The largest absolute Gasteiger partial charge is 0.354 e. The number of sulfonamides is 1. The first-order valence-electron chi connectivity index (χ1n) is 11.1. The number of hydrogen-bond donors (Lipinski definition) is 1. The Balaban J connectivity index is 2.38. The van der Waals surface area contributed by atoms with Gasteiger partial charge in [-0.15, -0.1) is 0 Å². The molecule has 0 radical (unpaired) electrons. The van der Waals surface area contributed by atoms with Crippen molar-refractivity contribution in [3.05, 3.63) is 64.7 Å². The summed E-state index contributed by atoms with van der Waals surface area (Å²) < 4.78 is 26.3. The molecule has 0 fully saturated rings. The van der Waals surface area contributed by atoms with Crippen LogP contribution in [-0.2, 0) is 26.2 Å². The lowest BCUT2D eigenvalue weighted by Crippen LogP contribution is -2.51. The zero-order valence-corrected chi connectivity index (χ0v) is 21.2. The Labute approximate surface area is 197 Å². The molecule has 0 aliphatic carbocycles. The Morgan fingerprint density at radius 2 is 1.64 bits per heavy atom. The number of aryl methyl sites for hydroxylation is 3. The second-order valence-corrected chi connectivity index (χ2v) is 10.4. The normalized spacial score (nSPS) is 12.2. The summed E-state index contributed by atoms with van der Waals surface area (Å²) in [4.78, 5) is 27.6. The summed E-state index contributed by atoms with van der Waals surface area (Å²) in [5.74, 6) is -0.715. The number of hydrogen-bond acceptors (Lipinski definition) is 4. The van der Waals surface area contributed by atoms with Crippen molar-refractivity contribution in [2.45, 2.75) is 53.6 Å². The SMILES string of the molecule is CCCNC(=O)[C@@H](C)N(Cc1ccc(C)cc1)C(=O)CN(c1ccc(C)c(C)c1)S(C)(=O)=O. The second-order valence-electron chi connectivity index (χ2n) is 8.51. The van der Waals surface area contributed by atoms with E-state index in [4.69, 9.17) is 0 Å². The van der Waals surface area contributed by atoms with Crippen molar-refractivity contribution in [1.29, 1.82) is 0 Å². The van der Waals surface area contributed by atoms with Gasteiger partial charge < -0.3 is 10.2 Å². The van der Waals surface area contributed by atoms with Gasteiger partial charge in [-0.1, -0.05) is 42.8 Å². The van der Waals surface area contributed by atoms with E-state index in [1.807, 2.05) is 58.0 Å². The number of anilines is 1. The summed E-state index contributed by atoms with van der Waals surface area (Å²) in [6, 6.07) is 12.2. The van der Waals surface area contributed by atoms with Crippen molar-refractivity contribution < 1.29 is 18.0 Å². The molecule has 0 aliphatic heterocycles. The molecule has 33 heavy (non-hydrogen) atoms. The summed E-state index contributed by atoms with van der Waals surface area (Å²) in [6.45, 7) is 9.74. The minimum atomic E-state index is -3.73. The van der Waals surface area contributed by atoms with Crippen LogP contribution < -0.4 is 9.62 Å². The maximum Gasteiger partial charge on any atom is 0.244 e. The van der Waals surface area contributed by atoms with Crippen LogP contribution in [0.15, 0.2) is 42.5 Å². The fourth-order valence-corrected chi connectivity index (χ4v) is 4.20. The van der Waals surface area contributed by atoms with Crippen molar-refractivity contribution in [2.75, 3.05) is 23.7 Å². The van der Waals surface area contributed by atoms with Gasteiger partial charge in [-0.05, 0) is 62.9 Å². The molecular formula is C25H35N3O4S. The van der Waals surface area contributed by atoms with Crippen LogP contribution in [-0.4, -0.2) is 50.5 Å². The van der Waals surface area contributed by atoms with E-state index in [0.717, 1.165) is 39.2 Å². The van der Waals surface area contributed by atoms with Gasteiger partial charge in [0.2, 0.25) is 21.8 Å². The maximum atomic E-state index is 13.5. The number of nitrogens with zero attached hydrogens (tertiary/aromatic N) is 2. The van der Waals surface area contributed by atoms with Crippen molar-refractivity contribution >= 4 is 27.5 Å². The van der Waals surface area contributed by atoms with Crippen LogP contribution in [0.1, 0.15) is 42.5 Å². The predicted octanol–water partition coefficient (Wildman–Crippen LogP) is 3.32. The van der Waals surface area contributed by atoms with E-state index in [0.29, 0.717) is 12.2 Å². The lowest BCUT2D eigenvalue weighted by atomic mass is 10.1. The average Bonchev–Trinajstić information content (AvgIpc) is 2.76. The van der Waals surface area contributed by atoms with E-state index in [-0.39, 0.29) is 12.5 Å². The second kappa shape index (κ2) is 11.3. The van der Waals surface area contributed by atoms with Crippen molar-refractivity contribution in [1.82, 2.24) is 10.2 Å². The molecule has 2 aromatic rings. The molecule has 180 valence electrons. The van der Waals surface area contributed by atoms with Gasteiger partial charge in [0.05, 0.1) is 11.9 Å². The molecule has 8 heteroatoms. The highest BCUT2D eigenvalue weighted by Gasteiger charge is 2.30. The molecular weight excluding hydrogens is 438 g/mol. The van der Waals surface area contributed by atoms with Gasteiger partial charge in [0.15, 0.2) is 0 Å². The van der Waals surface area contributed by atoms with Gasteiger partial charge >= 0.3 is 0 Å². The third-order valence-electron chi connectivity index (χ3n) is 5.65. The molecule has 2 rings (SSSR count). The van der Waals surface area contributed by atoms with Crippen molar-refractivity contribution in [3.63, 3.8) is 0 Å². The number of rotatable bonds is 10. The first kappa shape index (κ1) is 26.4. The van der Waals surface area contributed by atoms with Crippen molar-refractivity contribution in [3.8, 4) is 0 Å². The smallest absolute Gasteiger partial charge is 0.244 e. The third-order valence-corrected chi connectivity index (χ3v) is 6.79. The predicted molar refractivity (Wildman–Crippen MR) is 133 cm³/mol. The zero-order chi connectivity index (χ0) is 24.8. The lowest BCUT2D eigenvalue weighted by molar-refractivity contribution is -0.139. The van der Waals surface area contributed by atoms with E-state index in [2.05, 4.69) is 5.32 Å². The van der Waals surface area contributed by atoms with Crippen LogP contribution in [0.2, 0.25) is 0 Å². The summed E-state index contributed by atoms with van der Waals surface area (Å²) in [5, 5.41) is 2.83. The van der Waals surface area contributed by atoms with Gasteiger partial charge in [0, 0.05) is 13.1 Å². The van der Waals surface area contributed by atoms with Crippen LogP contribution in [0.25, 0.3) is 0 Å². The molecule has 0 saturated heterocycles. The minimum Gasteiger partial charge on any atom is -0.354 e. The minimum absolute atomic E-state index is 0.199. The van der Waals surface area contributed by atoms with E-state index >= 15 is 0 Å². The fourth-order valence-electron chi connectivity index (χ4n) is 3.36. The highest BCUT2D eigenvalue weighted by molar-refractivity contribution is 7.92. The van der Waals surface area contributed by atoms with Crippen LogP contribution in [0.3, 0.4) is 0 Å². The Morgan fingerprint density at radius 1 is 1.00 bits per heavy atom. The average molecular weight is 474 g/mol. The molecule has 1 N–H and O–H groups in total.